The molecule has 2 aromatic rings. The quantitative estimate of drug-likeness (QED) is 0.669. The number of benzene rings is 1. The van der Waals surface area contributed by atoms with E-state index in [0.717, 1.165) is 10.0 Å². The Kier molecular flexibility index (Phi) is 4.47. The number of rotatable bonds is 3. The van der Waals surface area contributed by atoms with Crippen molar-refractivity contribution in [3.63, 3.8) is 0 Å². The van der Waals surface area contributed by atoms with Crippen molar-refractivity contribution in [3.8, 4) is 5.75 Å². The van der Waals surface area contributed by atoms with E-state index in [0.29, 0.717) is 11.1 Å². The van der Waals surface area contributed by atoms with Crippen molar-refractivity contribution < 1.29 is 9.90 Å². The Balaban J connectivity index is 2.10. The molecule has 0 radical (unpaired) electrons. The molecule has 0 spiro atoms. The second kappa shape index (κ2) is 6.29. The monoisotopic (exact) mass is 333 g/mol. The fourth-order valence-electron chi connectivity index (χ4n) is 1.58. The number of phenols is 1. The summed E-state index contributed by atoms with van der Waals surface area (Å²) in [6.45, 7) is 1.78. The van der Waals surface area contributed by atoms with Gasteiger partial charge in [0.05, 0.1) is 11.8 Å². The minimum absolute atomic E-state index is 0.132. The highest BCUT2D eigenvalue weighted by Crippen LogP contribution is 2.25. The van der Waals surface area contributed by atoms with Crippen LogP contribution in [0.15, 0.2) is 46.2 Å². The average molecular weight is 334 g/mol. The summed E-state index contributed by atoms with van der Waals surface area (Å²) in [5, 5.41) is 13.7. The Morgan fingerprint density at radius 2 is 2.30 bits per heavy atom. The van der Waals surface area contributed by atoms with Gasteiger partial charge >= 0.3 is 0 Å². The lowest BCUT2D eigenvalue weighted by atomic mass is 10.1. The van der Waals surface area contributed by atoms with Gasteiger partial charge in [0.1, 0.15) is 5.75 Å². The molecule has 2 rings (SSSR count). The van der Waals surface area contributed by atoms with E-state index in [2.05, 4.69) is 31.4 Å². The van der Waals surface area contributed by atoms with E-state index in [-0.39, 0.29) is 11.7 Å². The van der Waals surface area contributed by atoms with Crippen molar-refractivity contribution >= 4 is 28.1 Å². The van der Waals surface area contributed by atoms with Gasteiger partial charge in [0.2, 0.25) is 0 Å². The molecule has 2 N–H and O–H groups in total. The van der Waals surface area contributed by atoms with E-state index in [9.17, 15) is 9.90 Å². The second-order valence-electron chi connectivity index (χ2n) is 4.10. The zero-order valence-corrected chi connectivity index (χ0v) is 12.3. The molecule has 1 amide bonds. The lowest BCUT2D eigenvalue weighted by Gasteiger charge is -2.04. The van der Waals surface area contributed by atoms with Gasteiger partial charge in [-0.15, -0.1) is 0 Å². The minimum atomic E-state index is -0.361. The van der Waals surface area contributed by atoms with E-state index < -0.39 is 0 Å². The van der Waals surface area contributed by atoms with Crippen LogP contribution in [0.5, 0.6) is 5.75 Å². The van der Waals surface area contributed by atoms with E-state index in [1.54, 1.807) is 37.4 Å². The lowest BCUT2D eigenvalue weighted by molar-refractivity contribution is 0.0954. The Morgan fingerprint density at radius 3 is 3.00 bits per heavy atom. The molecule has 0 saturated carbocycles. The minimum Gasteiger partial charge on any atom is -0.507 e. The number of amides is 1. The first kappa shape index (κ1) is 14.2. The topological polar surface area (TPSA) is 74.6 Å². The van der Waals surface area contributed by atoms with Crippen molar-refractivity contribution in [2.75, 3.05) is 0 Å². The third-order valence-electron chi connectivity index (χ3n) is 2.59. The summed E-state index contributed by atoms with van der Waals surface area (Å²) in [6.07, 6.45) is 4.43. The molecule has 5 nitrogen and oxygen atoms in total. The maximum absolute atomic E-state index is 11.7. The van der Waals surface area contributed by atoms with Crippen LogP contribution >= 0.6 is 15.9 Å². The number of pyridine rings is 1. The van der Waals surface area contributed by atoms with Gasteiger partial charge in [-0.1, -0.05) is 15.9 Å². The number of hydrogen-bond acceptors (Lipinski definition) is 4. The molecule has 1 aromatic heterocycles. The maximum Gasteiger partial charge on any atom is 0.272 e. The second-order valence-corrected chi connectivity index (χ2v) is 5.02. The van der Waals surface area contributed by atoms with Crippen LogP contribution in [0.3, 0.4) is 0 Å². The molecule has 6 heteroatoms. The van der Waals surface area contributed by atoms with Gasteiger partial charge < -0.3 is 5.11 Å². The number of aromatic hydroxyl groups is 1. The van der Waals surface area contributed by atoms with Crippen molar-refractivity contribution in [3.05, 3.63) is 57.8 Å². The highest BCUT2D eigenvalue weighted by Gasteiger charge is 2.05. The number of halogens is 1. The average Bonchev–Trinajstić information content (AvgIpc) is 2.44. The summed E-state index contributed by atoms with van der Waals surface area (Å²) in [6, 6.07) is 6.81. The third-order valence-corrected chi connectivity index (χ3v) is 3.05. The van der Waals surface area contributed by atoms with Gasteiger partial charge in [0, 0.05) is 22.4 Å². The molecular formula is C14H12BrN3O2. The summed E-state index contributed by atoms with van der Waals surface area (Å²) in [4.78, 5) is 15.6. The Morgan fingerprint density at radius 1 is 1.50 bits per heavy atom. The number of hydrazone groups is 1. The van der Waals surface area contributed by atoms with Crippen LogP contribution in [-0.4, -0.2) is 22.2 Å². The zero-order valence-electron chi connectivity index (χ0n) is 10.7. The Labute approximate surface area is 124 Å². The standard InChI is InChI=1S/C14H12BrN3O2/c1-9-5-12(15)6-11(13(9)19)8-17-18-14(20)10-3-2-4-16-7-10/h2-8,19H,1H3,(H,18,20)/b17-8-. The third kappa shape index (κ3) is 3.42. The summed E-state index contributed by atoms with van der Waals surface area (Å²) < 4.78 is 0.827. The van der Waals surface area contributed by atoms with Crippen LogP contribution in [0.1, 0.15) is 21.5 Å². The van der Waals surface area contributed by atoms with Crippen LogP contribution < -0.4 is 5.43 Å². The van der Waals surface area contributed by atoms with Crippen molar-refractivity contribution in [1.29, 1.82) is 0 Å². The fourth-order valence-corrected chi connectivity index (χ4v) is 2.17. The first-order valence-corrected chi connectivity index (χ1v) is 6.60. The molecule has 0 saturated heterocycles. The lowest BCUT2D eigenvalue weighted by Crippen LogP contribution is -2.17. The fraction of sp³-hybridized carbons (Fsp3) is 0.0714. The molecule has 0 unspecified atom stereocenters. The summed E-state index contributed by atoms with van der Waals surface area (Å²) in [7, 11) is 0. The number of aromatic nitrogens is 1. The summed E-state index contributed by atoms with van der Waals surface area (Å²) >= 11 is 3.34. The molecule has 0 bridgehead atoms. The maximum atomic E-state index is 11.7. The normalized spacial score (nSPS) is 10.7. The summed E-state index contributed by atoms with van der Waals surface area (Å²) in [5.74, 6) is -0.229. The predicted molar refractivity (Wildman–Crippen MR) is 79.8 cm³/mol. The van der Waals surface area contributed by atoms with Gasteiger partial charge in [0.25, 0.3) is 5.91 Å². The van der Waals surface area contributed by atoms with Gasteiger partial charge in [-0.3, -0.25) is 9.78 Å². The highest BCUT2D eigenvalue weighted by molar-refractivity contribution is 9.10. The van der Waals surface area contributed by atoms with Gasteiger partial charge in [-0.25, -0.2) is 5.43 Å². The van der Waals surface area contributed by atoms with E-state index in [4.69, 9.17) is 0 Å². The first-order chi connectivity index (χ1) is 9.58. The number of nitrogens with one attached hydrogen (secondary N) is 1. The smallest absolute Gasteiger partial charge is 0.272 e. The number of carbonyl (C=O) groups excluding carboxylic acids is 1. The molecule has 0 aliphatic carbocycles. The van der Waals surface area contributed by atoms with Crippen LogP contribution in [0.25, 0.3) is 0 Å². The molecule has 102 valence electrons. The highest BCUT2D eigenvalue weighted by atomic mass is 79.9. The van der Waals surface area contributed by atoms with Crippen molar-refractivity contribution in [2.45, 2.75) is 6.92 Å². The molecule has 20 heavy (non-hydrogen) atoms. The molecule has 1 aromatic carbocycles. The predicted octanol–water partition coefficient (Wildman–Crippen LogP) is 2.62. The molecule has 0 aliphatic rings. The van der Waals surface area contributed by atoms with E-state index in [1.807, 2.05) is 0 Å². The van der Waals surface area contributed by atoms with Crippen molar-refractivity contribution in [2.24, 2.45) is 5.10 Å². The summed E-state index contributed by atoms with van der Waals surface area (Å²) in [5.41, 5.74) is 4.03. The molecule has 0 aliphatic heterocycles. The van der Waals surface area contributed by atoms with Crippen LogP contribution in [0, 0.1) is 6.92 Å². The molecule has 0 fully saturated rings. The Bertz CT molecular complexity index is 657. The number of phenolic OH excluding ortho intramolecular Hbond substituents is 1. The largest absolute Gasteiger partial charge is 0.507 e. The molecular weight excluding hydrogens is 322 g/mol. The van der Waals surface area contributed by atoms with Crippen LogP contribution in [-0.2, 0) is 0 Å². The molecule has 0 atom stereocenters. The number of carbonyl (C=O) groups is 1. The van der Waals surface area contributed by atoms with Crippen molar-refractivity contribution in [1.82, 2.24) is 10.4 Å². The zero-order chi connectivity index (χ0) is 14.5. The van der Waals surface area contributed by atoms with Crippen LogP contribution in [0.2, 0.25) is 0 Å². The van der Waals surface area contributed by atoms with Gasteiger partial charge in [-0.2, -0.15) is 5.10 Å². The Hall–Kier alpha value is -2.21. The van der Waals surface area contributed by atoms with E-state index >= 15 is 0 Å². The SMILES string of the molecule is Cc1cc(Br)cc(/C=N\NC(=O)c2cccnc2)c1O. The van der Waals surface area contributed by atoms with E-state index in [1.165, 1.54) is 12.4 Å². The number of nitrogens with zero attached hydrogens (tertiary/aromatic N) is 2. The van der Waals surface area contributed by atoms with Crippen LogP contribution in [0.4, 0.5) is 0 Å². The molecule has 1 heterocycles. The van der Waals surface area contributed by atoms with Gasteiger partial charge in [0.15, 0.2) is 0 Å². The number of hydrogen-bond donors (Lipinski definition) is 2. The van der Waals surface area contributed by atoms with Gasteiger partial charge in [-0.05, 0) is 36.8 Å². The first-order valence-electron chi connectivity index (χ1n) is 5.80. The number of aryl methyl sites for hydroxylation is 1.